The van der Waals surface area contributed by atoms with Crippen LogP contribution in [0.25, 0.3) is 22.2 Å². The molecule has 4 aromatic rings. The predicted molar refractivity (Wildman–Crippen MR) is 110 cm³/mol. The first-order valence-corrected chi connectivity index (χ1v) is 9.54. The lowest BCUT2D eigenvalue weighted by molar-refractivity contribution is 0.0774. The first-order valence-electron chi connectivity index (χ1n) is 9.54. The fourth-order valence-electron chi connectivity index (χ4n) is 3.25. The molecule has 7 heteroatoms. The number of aryl methyl sites for hydroxylation is 1. The molecule has 0 aliphatic heterocycles. The first kappa shape index (κ1) is 18.9. The maximum absolute atomic E-state index is 13.3. The summed E-state index contributed by atoms with van der Waals surface area (Å²) in [5, 5.41) is 9.11. The van der Waals surface area contributed by atoms with E-state index in [1.54, 1.807) is 18.1 Å². The van der Waals surface area contributed by atoms with E-state index < -0.39 is 0 Å². The summed E-state index contributed by atoms with van der Waals surface area (Å²) < 4.78 is 7.14. The van der Waals surface area contributed by atoms with E-state index in [4.69, 9.17) is 9.51 Å². The Morgan fingerprint density at radius 2 is 2.03 bits per heavy atom. The molecule has 0 fully saturated rings. The van der Waals surface area contributed by atoms with Crippen LogP contribution in [0.5, 0.6) is 0 Å². The normalized spacial score (nSPS) is 11.3. The van der Waals surface area contributed by atoms with Crippen LogP contribution in [0.1, 0.15) is 41.7 Å². The summed E-state index contributed by atoms with van der Waals surface area (Å²) in [6, 6.07) is 11.6. The van der Waals surface area contributed by atoms with Crippen LogP contribution in [-0.4, -0.2) is 37.8 Å². The zero-order valence-corrected chi connectivity index (χ0v) is 17.0. The third kappa shape index (κ3) is 3.76. The van der Waals surface area contributed by atoms with Crippen LogP contribution in [0.2, 0.25) is 0 Å². The maximum Gasteiger partial charge on any atom is 0.254 e. The molecular weight excluding hydrogens is 366 g/mol. The van der Waals surface area contributed by atoms with Gasteiger partial charge in [0.25, 0.3) is 5.91 Å². The van der Waals surface area contributed by atoms with Gasteiger partial charge in [0, 0.05) is 36.3 Å². The number of aromatic nitrogens is 4. The second kappa shape index (κ2) is 7.50. The molecule has 0 saturated carbocycles. The number of benzene rings is 1. The van der Waals surface area contributed by atoms with Gasteiger partial charge < -0.3 is 9.42 Å². The topological polar surface area (TPSA) is 77.0 Å². The Kier molecular flexibility index (Phi) is 4.88. The fourth-order valence-corrected chi connectivity index (χ4v) is 3.25. The number of rotatable bonds is 5. The van der Waals surface area contributed by atoms with Gasteiger partial charge in [-0.3, -0.25) is 9.48 Å². The van der Waals surface area contributed by atoms with Crippen molar-refractivity contribution in [3.8, 4) is 11.3 Å². The van der Waals surface area contributed by atoms with E-state index >= 15 is 0 Å². The van der Waals surface area contributed by atoms with Gasteiger partial charge in [-0.1, -0.05) is 23.4 Å². The first-order chi connectivity index (χ1) is 13.9. The number of amides is 1. The largest absolute Gasteiger partial charge is 0.359 e. The van der Waals surface area contributed by atoms with Crippen molar-refractivity contribution in [1.82, 2.24) is 24.8 Å². The number of carbonyl (C=O) groups excluding carboxylic acids is 1. The van der Waals surface area contributed by atoms with Crippen LogP contribution in [0, 0.1) is 6.92 Å². The summed E-state index contributed by atoms with van der Waals surface area (Å²) in [6.07, 6.45) is 3.74. The van der Waals surface area contributed by atoms with Crippen LogP contribution >= 0.6 is 0 Å². The standard InChI is InChI=1S/C22H23N5O2/c1-14(2)27-12-16(11-23-27)21-10-19(18-7-5-6-8-20(18)24-21)22(28)26(4)13-17-9-15(3)25-29-17/h5-12,14H,13H2,1-4H3. The second-order valence-electron chi connectivity index (χ2n) is 7.47. The van der Waals surface area contributed by atoms with E-state index in [1.807, 2.05) is 54.2 Å². The van der Waals surface area contributed by atoms with E-state index in [1.165, 1.54) is 0 Å². The van der Waals surface area contributed by atoms with Crippen molar-refractivity contribution in [2.24, 2.45) is 0 Å². The SMILES string of the molecule is Cc1cc(CN(C)C(=O)c2cc(-c3cnn(C(C)C)c3)nc3ccccc23)on1. The van der Waals surface area contributed by atoms with E-state index in [0.29, 0.717) is 17.9 Å². The van der Waals surface area contributed by atoms with E-state index in [0.717, 1.165) is 27.9 Å². The van der Waals surface area contributed by atoms with Gasteiger partial charge in [-0.05, 0) is 32.9 Å². The van der Waals surface area contributed by atoms with Crippen molar-refractivity contribution in [1.29, 1.82) is 0 Å². The Morgan fingerprint density at radius 3 is 2.72 bits per heavy atom. The van der Waals surface area contributed by atoms with Crippen molar-refractivity contribution in [3.63, 3.8) is 0 Å². The highest BCUT2D eigenvalue weighted by molar-refractivity contribution is 6.07. The molecule has 0 aliphatic carbocycles. The molecule has 0 saturated heterocycles. The maximum atomic E-state index is 13.3. The Hall–Kier alpha value is -3.48. The van der Waals surface area contributed by atoms with Gasteiger partial charge in [0.1, 0.15) is 0 Å². The Labute approximate surface area is 168 Å². The van der Waals surface area contributed by atoms with Crippen molar-refractivity contribution in [3.05, 3.63) is 65.8 Å². The molecule has 0 aliphatic rings. The molecule has 0 N–H and O–H groups in total. The van der Waals surface area contributed by atoms with E-state index in [2.05, 4.69) is 24.1 Å². The lowest BCUT2D eigenvalue weighted by Crippen LogP contribution is -2.26. The molecule has 1 aromatic carbocycles. The number of pyridine rings is 1. The third-order valence-electron chi connectivity index (χ3n) is 4.79. The van der Waals surface area contributed by atoms with Gasteiger partial charge in [-0.15, -0.1) is 0 Å². The summed E-state index contributed by atoms with van der Waals surface area (Å²) in [6.45, 7) is 6.34. The number of fused-ring (bicyclic) bond motifs is 1. The number of nitrogens with zero attached hydrogens (tertiary/aromatic N) is 5. The van der Waals surface area contributed by atoms with E-state index in [9.17, 15) is 4.79 Å². The van der Waals surface area contributed by atoms with Crippen molar-refractivity contribution >= 4 is 16.8 Å². The summed E-state index contributed by atoms with van der Waals surface area (Å²) in [5.41, 5.74) is 3.77. The molecule has 0 bridgehead atoms. The molecule has 0 atom stereocenters. The average molecular weight is 389 g/mol. The van der Waals surface area contributed by atoms with Crippen LogP contribution in [0.15, 0.2) is 53.3 Å². The minimum absolute atomic E-state index is 0.102. The molecule has 148 valence electrons. The molecular formula is C22H23N5O2. The summed E-state index contributed by atoms with van der Waals surface area (Å²) >= 11 is 0. The van der Waals surface area contributed by atoms with Crippen LogP contribution in [0.4, 0.5) is 0 Å². The molecule has 3 heterocycles. The highest BCUT2D eigenvalue weighted by atomic mass is 16.5. The van der Waals surface area contributed by atoms with E-state index in [-0.39, 0.29) is 11.9 Å². The monoisotopic (exact) mass is 389 g/mol. The lowest BCUT2D eigenvalue weighted by Gasteiger charge is -2.17. The Bertz CT molecular complexity index is 1170. The van der Waals surface area contributed by atoms with Crippen LogP contribution in [-0.2, 0) is 6.54 Å². The molecule has 7 nitrogen and oxygen atoms in total. The smallest absolute Gasteiger partial charge is 0.254 e. The highest BCUT2D eigenvalue weighted by Gasteiger charge is 2.19. The minimum Gasteiger partial charge on any atom is -0.359 e. The van der Waals surface area contributed by atoms with Gasteiger partial charge in [-0.25, -0.2) is 4.98 Å². The summed E-state index contributed by atoms with van der Waals surface area (Å²) in [7, 11) is 1.76. The van der Waals surface area contributed by atoms with Crippen molar-refractivity contribution in [2.45, 2.75) is 33.4 Å². The predicted octanol–water partition coefficient (Wildman–Crippen LogP) is 4.25. The minimum atomic E-state index is -0.102. The van der Waals surface area contributed by atoms with Crippen molar-refractivity contribution < 1.29 is 9.32 Å². The second-order valence-corrected chi connectivity index (χ2v) is 7.47. The number of carbonyl (C=O) groups is 1. The fraction of sp³-hybridized carbons (Fsp3) is 0.273. The zero-order valence-electron chi connectivity index (χ0n) is 17.0. The molecule has 0 radical (unpaired) electrons. The summed E-state index contributed by atoms with van der Waals surface area (Å²) in [5.74, 6) is 0.547. The molecule has 4 rings (SSSR count). The zero-order chi connectivity index (χ0) is 20.5. The average Bonchev–Trinajstić information content (AvgIpc) is 3.36. The Morgan fingerprint density at radius 1 is 1.24 bits per heavy atom. The molecule has 0 unspecified atom stereocenters. The van der Waals surface area contributed by atoms with Gasteiger partial charge in [0.05, 0.1) is 35.2 Å². The molecule has 1 amide bonds. The molecule has 29 heavy (non-hydrogen) atoms. The number of hydrogen-bond donors (Lipinski definition) is 0. The van der Waals surface area contributed by atoms with Gasteiger partial charge in [0.15, 0.2) is 5.76 Å². The Balaban J connectivity index is 1.74. The summed E-state index contributed by atoms with van der Waals surface area (Å²) in [4.78, 5) is 19.7. The quantitative estimate of drug-likeness (QED) is 0.510. The van der Waals surface area contributed by atoms with Gasteiger partial charge >= 0.3 is 0 Å². The van der Waals surface area contributed by atoms with Gasteiger partial charge in [-0.2, -0.15) is 5.10 Å². The van der Waals surface area contributed by atoms with Crippen molar-refractivity contribution in [2.75, 3.05) is 7.05 Å². The van der Waals surface area contributed by atoms with Crippen LogP contribution in [0.3, 0.4) is 0 Å². The molecule has 3 aromatic heterocycles. The lowest BCUT2D eigenvalue weighted by atomic mass is 10.0. The third-order valence-corrected chi connectivity index (χ3v) is 4.79. The molecule has 0 spiro atoms. The number of para-hydroxylation sites is 1. The van der Waals surface area contributed by atoms with Crippen LogP contribution < -0.4 is 0 Å². The van der Waals surface area contributed by atoms with Gasteiger partial charge in [0.2, 0.25) is 0 Å². The number of hydrogen-bond acceptors (Lipinski definition) is 5. The highest BCUT2D eigenvalue weighted by Crippen LogP contribution is 2.26.